The molecule has 2 aromatic carbocycles. The zero-order valence-electron chi connectivity index (χ0n) is 14.5. The average Bonchev–Trinajstić information content (AvgIpc) is 3.07. The van der Waals surface area contributed by atoms with Gasteiger partial charge in [0.15, 0.2) is 17.4 Å². The first-order chi connectivity index (χ1) is 13.2. The van der Waals surface area contributed by atoms with Gasteiger partial charge in [0, 0.05) is 11.1 Å². The fourth-order valence-corrected chi connectivity index (χ4v) is 2.98. The van der Waals surface area contributed by atoms with Crippen molar-refractivity contribution in [2.75, 3.05) is 7.11 Å². The van der Waals surface area contributed by atoms with Gasteiger partial charge in [-0.25, -0.2) is 27.3 Å². The van der Waals surface area contributed by atoms with Gasteiger partial charge in [-0.3, -0.25) is 4.79 Å². The first-order valence-electron chi connectivity index (χ1n) is 7.84. The van der Waals surface area contributed by atoms with E-state index >= 15 is 0 Å². The minimum atomic E-state index is -3.88. The number of aromatic nitrogens is 1. The second-order valence-electron chi connectivity index (χ2n) is 5.74. The van der Waals surface area contributed by atoms with Crippen LogP contribution in [0.1, 0.15) is 5.89 Å². The van der Waals surface area contributed by atoms with Crippen LogP contribution in [0.15, 0.2) is 51.8 Å². The molecule has 2 N–H and O–H groups in total. The highest BCUT2D eigenvalue weighted by atomic mass is 32.2. The monoisotopic (exact) mass is 408 g/mol. The van der Waals surface area contributed by atoms with Gasteiger partial charge in [-0.1, -0.05) is 12.1 Å². The Hall–Kier alpha value is -3.11. The van der Waals surface area contributed by atoms with E-state index in [1.807, 2.05) is 0 Å². The molecule has 0 fully saturated rings. The molecule has 7 nitrogen and oxygen atoms in total. The normalized spacial score (nSPS) is 11.4. The summed E-state index contributed by atoms with van der Waals surface area (Å²) in [6, 6.07) is 8.57. The topological polar surface area (TPSA) is 112 Å². The number of esters is 1. The highest BCUT2D eigenvalue weighted by molar-refractivity contribution is 7.89. The van der Waals surface area contributed by atoms with E-state index in [2.05, 4.69) is 9.72 Å². The number of carbonyl (C=O) groups is 1. The van der Waals surface area contributed by atoms with Gasteiger partial charge in [0.2, 0.25) is 15.9 Å². The molecule has 0 unspecified atom stereocenters. The lowest BCUT2D eigenvalue weighted by Crippen LogP contribution is -2.11. The van der Waals surface area contributed by atoms with Crippen LogP contribution in [0.3, 0.4) is 0 Å². The third kappa shape index (κ3) is 4.07. The van der Waals surface area contributed by atoms with Gasteiger partial charge < -0.3 is 9.15 Å². The van der Waals surface area contributed by atoms with Crippen molar-refractivity contribution in [3.8, 4) is 22.6 Å². The van der Waals surface area contributed by atoms with Crippen LogP contribution < -0.4 is 5.14 Å². The van der Waals surface area contributed by atoms with E-state index in [4.69, 9.17) is 9.56 Å². The molecule has 0 saturated carbocycles. The van der Waals surface area contributed by atoms with Gasteiger partial charge in [-0.2, -0.15) is 0 Å². The molecule has 0 amide bonds. The highest BCUT2D eigenvalue weighted by Crippen LogP contribution is 2.34. The second kappa shape index (κ2) is 7.49. The molecule has 0 aliphatic carbocycles. The molecule has 0 spiro atoms. The molecule has 1 aromatic heterocycles. The summed E-state index contributed by atoms with van der Waals surface area (Å²) in [6.07, 6.45) is -0.275. The van der Waals surface area contributed by atoms with Crippen molar-refractivity contribution in [2.45, 2.75) is 11.3 Å². The maximum absolute atomic E-state index is 13.7. The Labute approximate surface area is 158 Å². The van der Waals surface area contributed by atoms with Crippen LogP contribution in [0.4, 0.5) is 8.78 Å². The van der Waals surface area contributed by atoms with Gasteiger partial charge in [-0.15, -0.1) is 0 Å². The number of halogens is 2. The Morgan fingerprint density at radius 2 is 1.75 bits per heavy atom. The maximum Gasteiger partial charge on any atom is 0.314 e. The molecule has 10 heteroatoms. The zero-order valence-corrected chi connectivity index (χ0v) is 15.3. The van der Waals surface area contributed by atoms with E-state index < -0.39 is 27.6 Å². The van der Waals surface area contributed by atoms with Gasteiger partial charge >= 0.3 is 5.97 Å². The lowest BCUT2D eigenvalue weighted by Gasteiger charge is -2.04. The van der Waals surface area contributed by atoms with Crippen LogP contribution in [0.5, 0.6) is 0 Å². The number of ether oxygens (including phenoxy) is 1. The van der Waals surface area contributed by atoms with Gasteiger partial charge in [0.05, 0.1) is 12.0 Å². The molecule has 0 bridgehead atoms. The Bertz CT molecular complexity index is 1140. The summed E-state index contributed by atoms with van der Waals surface area (Å²) in [7, 11) is -2.68. The van der Waals surface area contributed by atoms with Crippen molar-refractivity contribution in [1.82, 2.24) is 4.98 Å². The number of nitrogens with two attached hydrogens (primary N) is 1. The number of methoxy groups -OCH3 is 1. The lowest BCUT2D eigenvalue weighted by molar-refractivity contribution is -0.140. The van der Waals surface area contributed by atoms with Crippen molar-refractivity contribution < 1.29 is 31.1 Å². The molecule has 0 radical (unpaired) electrons. The Balaban J connectivity index is 2.12. The molecule has 3 aromatic rings. The molecule has 0 saturated heterocycles. The van der Waals surface area contributed by atoms with Crippen LogP contribution in [-0.2, 0) is 26.0 Å². The zero-order chi connectivity index (χ0) is 20.5. The average molecular weight is 408 g/mol. The number of carbonyl (C=O) groups excluding carboxylic acids is 1. The fourth-order valence-electron chi connectivity index (χ4n) is 2.47. The minimum Gasteiger partial charge on any atom is -0.469 e. The van der Waals surface area contributed by atoms with E-state index in [1.54, 1.807) is 0 Å². The van der Waals surface area contributed by atoms with Crippen molar-refractivity contribution in [3.05, 3.63) is 60.0 Å². The number of nitrogens with zero attached hydrogens (tertiary/aromatic N) is 1. The minimum absolute atomic E-state index is 0.00268. The molecule has 0 aliphatic heterocycles. The molecular formula is C18H14F2N2O5S. The number of primary sulfonamides is 1. The predicted octanol–water partition coefficient (Wildman–Crippen LogP) is 2.65. The van der Waals surface area contributed by atoms with E-state index in [1.165, 1.54) is 37.4 Å². The number of hydrogen-bond acceptors (Lipinski definition) is 6. The summed E-state index contributed by atoms with van der Waals surface area (Å²) in [5.41, 5.74) is 0.825. The largest absolute Gasteiger partial charge is 0.469 e. The molecule has 146 valence electrons. The third-order valence-electron chi connectivity index (χ3n) is 3.83. The van der Waals surface area contributed by atoms with Crippen LogP contribution >= 0.6 is 0 Å². The molecule has 0 aliphatic rings. The Morgan fingerprint density at radius 3 is 2.32 bits per heavy atom. The number of benzene rings is 2. The standard InChI is InChI=1S/C18H14F2N2O5S/c1-26-16(23)9-15-22-17(10-2-5-12(6-3-10)28(21,24)25)18(27-15)11-4-7-13(19)14(20)8-11/h2-8H,9H2,1H3,(H2,21,24,25). The quantitative estimate of drug-likeness (QED) is 0.650. The number of rotatable bonds is 5. The number of oxazole rings is 1. The summed E-state index contributed by atoms with van der Waals surface area (Å²) in [6.45, 7) is 0. The molecule has 0 atom stereocenters. The van der Waals surface area contributed by atoms with Crippen molar-refractivity contribution in [2.24, 2.45) is 5.14 Å². The van der Waals surface area contributed by atoms with Crippen molar-refractivity contribution in [3.63, 3.8) is 0 Å². The molecule has 28 heavy (non-hydrogen) atoms. The summed E-state index contributed by atoms with van der Waals surface area (Å²) in [4.78, 5) is 15.6. The van der Waals surface area contributed by atoms with Gasteiger partial charge in [0.25, 0.3) is 0 Å². The first kappa shape index (κ1) is 19.6. The molecule has 3 rings (SSSR count). The second-order valence-corrected chi connectivity index (χ2v) is 7.30. The van der Waals surface area contributed by atoms with E-state index in [9.17, 15) is 22.0 Å². The Kier molecular flexibility index (Phi) is 5.25. The third-order valence-corrected chi connectivity index (χ3v) is 4.76. The SMILES string of the molecule is COC(=O)Cc1nc(-c2ccc(S(N)(=O)=O)cc2)c(-c2ccc(F)c(F)c2)o1. The first-order valence-corrected chi connectivity index (χ1v) is 9.39. The van der Waals surface area contributed by atoms with E-state index in [-0.39, 0.29) is 34.2 Å². The summed E-state index contributed by atoms with van der Waals surface area (Å²) < 4.78 is 59.9. The van der Waals surface area contributed by atoms with E-state index in [0.717, 1.165) is 12.1 Å². The van der Waals surface area contributed by atoms with E-state index in [0.29, 0.717) is 5.56 Å². The lowest BCUT2D eigenvalue weighted by atomic mass is 10.1. The van der Waals surface area contributed by atoms with Crippen LogP contribution in [0.25, 0.3) is 22.6 Å². The maximum atomic E-state index is 13.7. The van der Waals surface area contributed by atoms with Crippen molar-refractivity contribution in [1.29, 1.82) is 0 Å². The van der Waals surface area contributed by atoms with Crippen molar-refractivity contribution >= 4 is 16.0 Å². The Morgan fingerprint density at radius 1 is 1.11 bits per heavy atom. The highest BCUT2D eigenvalue weighted by Gasteiger charge is 2.20. The predicted molar refractivity (Wildman–Crippen MR) is 94.4 cm³/mol. The smallest absolute Gasteiger partial charge is 0.314 e. The van der Waals surface area contributed by atoms with Crippen LogP contribution in [-0.4, -0.2) is 26.5 Å². The van der Waals surface area contributed by atoms with Gasteiger partial charge in [0.1, 0.15) is 12.1 Å². The molecular weight excluding hydrogens is 394 g/mol. The summed E-state index contributed by atoms with van der Waals surface area (Å²) >= 11 is 0. The van der Waals surface area contributed by atoms with Crippen LogP contribution in [0, 0.1) is 11.6 Å². The number of hydrogen-bond donors (Lipinski definition) is 1. The van der Waals surface area contributed by atoms with Gasteiger partial charge in [-0.05, 0) is 30.3 Å². The summed E-state index contributed by atoms with van der Waals surface area (Å²) in [5, 5.41) is 5.08. The number of sulfonamides is 1. The summed E-state index contributed by atoms with van der Waals surface area (Å²) in [5.74, 6) is -2.64. The fraction of sp³-hybridized carbons (Fsp3) is 0.111. The molecule has 1 heterocycles. The van der Waals surface area contributed by atoms with Crippen LogP contribution in [0.2, 0.25) is 0 Å².